The molecule has 1 nitrogen and oxygen atoms in total. The molecule has 3 rings (SSSR count). The second-order valence-corrected chi connectivity index (χ2v) is 7.87. The summed E-state index contributed by atoms with van der Waals surface area (Å²) in [6.45, 7) is 3.35. The molecule has 0 aromatic heterocycles. The molecule has 0 N–H and O–H groups in total. The van der Waals surface area contributed by atoms with E-state index in [1.165, 1.54) is 43.6 Å². The van der Waals surface area contributed by atoms with Crippen LogP contribution in [0.3, 0.4) is 0 Å². The zero-order valence-corrected chi connectivity index (χ0v) is 12.2. The maximum atomic E-state index is 6.39. The maximum absolute atomic E-state index is 6.39. The molecule has 2 saturated heterocycles. The summed E-state index contributed by atoms with van der Waals surface area (Å²) < 4.78 is 6.12. The van der Waals surface area contributed by atoms with E-state index in [0.717, 1.165) is 18.4 Å². The van der Waals surface area contributed by atoms with E-state index in [-0.39, 0.29) is 5.60 Å². The summed E-state index contributed by atoms with van der Waals surface area (Å²) in [5.41, 5.74) is 0.248. The Balaban J connectivity index is 1.67. The molecule has 1 aliphatic carbocycles. The van der Waals surface area contributed by atoms with Gasteiger partial charge in [0.2, 0.25) is 0 Å². The molecule has 0 radical (unpaired) electrons. The van der Waals surface area contributed by atoms with E-state index in [2.05, 4.69) is 18.7 Å². The minimum atomic E-state index is 0.248. The van der Waals surface area contributed by atoms with Crippen molar-refractivity contribution in [3.05, 3.63) is 0 Å². The molecule has 3 heteroatoms. The predicted octanol–water partition coefficient (Wildman–Crippen LogP) is 3.94. The Morgan fingerprint density at radius 1 is 1.29 bits per heavy atom. The van der Waals surface area contributed by atoms with Gasteiger partial charge in [-0.15, -0.1) is 11.6 Å². The highest BCUT2D eigenvalue weighted by Crippen LogP contribution is 2.48. The van der Waals surface area contributed by atoms with Crippen LogP contribution >= 0.6 is 23.4 Å². The van der Waals surface area contributed by atoms with Crippen LogP contribution in [0.25, 0.3) is 0 Å². The zero-order chi connectivity index (χ0) is 11.9. The van der Waals surface area contributed by atoms with Crippen molar-refractivity contribution in [1.29, 1.82) is 0 Å². The van der Waals surface area contributed by atoms with Crippen molar-refractivity contribution in [2.24, 2.45) is 17.8 Å². The molecule has 3 aliphatic rings. The van der Waals surface area contributed by atoms with E-state index in [1.807, 2.05) is 0 Å². The normalized spacial score (nSPS) is 51.2. The topological polar surface area (TPSA) is 9.23 Å². The van der Waals surface area contributed by atoms with Gasteiger partial charge < -0.3 is 4.74 Å². The van der Waals surface area contributed by atoms with E-state index >= 15 is 0 Å². The highest BCUT2D eigenvalue weighted by Gasteiger charge is 2.45. The zero-order valence-electron chi connectivity index (χ0n) is 10.7. The van der Waals surface area contributed by atoms with E-state index in [1.54, 1.807) is 0 Å². The molecule has 2 heterocycles. The summed E-state index contributed by atoms with van der Waals surface area (Å²) in [5, 5.41) is 0.428. The van der Waals surface area contributed by atoms with Crippen LogP contribution in [0, 0.1) is 17.8 Å². The minimum Gasteiger partial charge on any atom is -0.374 e. The molecule has 0 aromatic carbocycles. The molecular formula is C14H23ClOS. The van der Waals surface area contributed by atoms with E-state index in [4.69, 9.17) is 16.3 Å². The monoisotopic (exact) mass is 274 g/mol. The molecule has 98 valence electrons. The summed E-state index contributed by atoms with van der Waals surface area (Å²) in [7, 11) is 0. The van der Waals surface area contributed by atoms with Crippen molar-refractivity contribution in [3.63, 3.8) is 0 Å². The van der Waals surface area contributed by atoms with Crippen LogP contribution in [0.4, 0.5) is 0 Å². The van der Waals surface area contributed by atoms with Crippen LogP contribution < -0.4 is 0 Å². The quantitative estimate of drug-likeness (QED) is 0.670. The number of alkyl halides is 1. The van der Waals surface area contributed by atoms with Gasteiger partial charge in [-0.25, -0.2) is 0 Å². The molecule has 2 aliphatic heterocycles. The molecule has 1 saturated carbocycles. The van der Waals surface area contributed by atoms with Gasteiger partial charge in [0, 0.05) is 17.7 Å². The highest BCUT2D eigenvalue weighted by atomic mass is 35.5. The fraction of sp³-hybridized carbons (Fsp3) is 1.00. The van der Waals surface area contributed by atoms with Crippen molar-refractivity contribution in [2.75, 3.05) is 18.1 Å². The third-order valence-electron chi connectivity index (χ3n) is 5.23. The van der Waals surface area contributed by atoms with Crippen LogP contribution in [0.15, 0.2) is 0 Å². The lowest BCUT2D eigenvalue weighted by atomic mass is 9.74. The van der Waals surface area contributed by atoms with Crippen molar-refractivity contribution < 1.29 is 4.74 Å². The SMILES string of the molecule is CC1C(Cl)CCC1C1CCOC2(CCSC2)C1. The summed E-state index contributed by atoms with van der Waals surface area (Å²) in [6.07, 6.45) is 6.43. The lowest BCUT2D eigenvalue weighted by molar-refractivity contribution is -0.0913. The predicted molar refractivity (Wildman–Crippen MR) is 74.9 cm³/mol. The van der Waals surface area contributed by atoms with Gasteiger partial charge in [0.25, 0.3) is 0 Å². The first kappa shape index (κ1) is 12.6. The van der Waals surface area contributed by atoms with E-state index in [0.29, 0.717) is 11.3 Å². The number of thioether (sulfide) groups is 1. The Morgan fingerprint density at radius 3 is 2.82 bits per heavy atom. The fourth-order valence-corrected chi connectivity index (χ4v) is 5.80. The van der Waals surface area contributed by atoms with Gasteiger partial charge in [-0.3, -0.25) is 0 Å². The lowest BCUT2D eigenvalue weighted by Crippen LogP contribution is -2.42. The molecule has 3 fully saturated rings. The smallest absolute Gasteiger partial charge is 0.0783 e. The first-order chi connectivity index (χ1) is 8.20. The number of ether oxygens (including phenoxy) is 1. The van der Waals surface area contributed by atoms with Gasteiger partial charge in [0.1, 0.15) is 0 Å². The summed E-state index contributed by atoms with van der Waals surface area (Å²) >= 11 is 8.47. The van der Waals surface area contributed by atoms with Gasteiger partial charge in [0.05, 0.1) is 5.60 Å². The van der Waals surface area contributed by atoms with Gasteiger partial charge in [-0.2, -0.15) is 11.8 Å². The Hall–Kier alpha value is 0.600. The van der Waals surface area contributed by atoms with Gasteiger partial charge in [0.15, 0.2) is 0 Å². The largest absolute Gasteiger partial charge is 0.374 e. The van der Waals surface area contributed by atoms with Crippen LogP contribution in [0.2, 0.25) is 0 Å². The third kappa shape index (κ3) is 2.37. The fourth-order valence-electron chi connectivity index (χ4n) is 4.11. The van der Waals surface area contributed by atoms with Gasteiger partial charge in [-0.1, -0.05) is 6.92 Å². The van der Waals surface area contributed by atoms with Gasteiger partial charge in [-0.05, 0) is 55.6 Å². The van der Waals surface area contributed by atoms with Crippen molar-refractivity contribution in [1.82, 2.24) is 0 Å². The summed E-state index contributed by atoms with van der Waals surface area (Å²) in [5.74, 6) is 4.98. The molecule has 0 aromatic rings. The van der Waals surface area contributed by atoms with E-state index in [9.17, 15) is 0 Å². The van der Waals surface area contributed by atoms with Crippen LogP contribution in [-0.4, -0.2) is 29.1 Å². The van der Waals surface area contributed by atoms with E-state index < -0.39 is 0 Å². The molecule has 17 heavy (non-hydrogen) atoms. The van der Waals surface area contributed by atoms with Crippen molar-refractivity contribution >= 4 is 23.4 Å². The van der Waals surface area contributed by atoms with Crippen molar-refractivity contribution in [3.8, 4) is 0 Å². The average molecular weight is 275 g/mol. The summed E-state index contributed by atoms with van der Waals surface area (Å²) in [4.78, 5) is 0. The Bertz CT molecular complexity index is 277. The first-order valence-electron chi connectivity index (χ1n) is 7.06. The average Bonchev–Trinajstić information content (AvgIpc) is 2.89. The second-order valence-electron chi connectivity index (χ2n) is 6.20. The Labute approximate surface area is 114 Å². The number of halogens is 1. The maximum Gasteiger partial charge on any atom is 0.0783 e. The molecule has 0 bridgehead atoms. The van der Waals surface area contributed by atoms with Crippen molar-refractivity contribution in [2.45, 2.75) is 50.0 Å². The first-order valence-corrected chi connectivity index (χ1v) is 8.65. The molecule has 0 amide bonds. The number of hydrogen-bond donors (Lipinski definition) is 0. The standard InChI is InChI=1S/C14H23ClOS/c1-10-12(2-3-13(10)15)11-4-6-16-14(8-11)5-7-17-9-14/h10-13H,2-9H2,1H3. The van der Waals surface area contributed by atoms with Crippen LogP contribution in [0.1, 0.15) is 39.0 Å². The van der Waals surface area contributed by atoms with Crippen LogP contribution in [-0.2, 0) is 4.74 Å². The number of rotatable bonds is 1. The third-order valence-corrected chi connectivity index (χ3v) is 7.06. The molecule has 5 atom stereocenters. The Kier molecular flexibility index (Phi) is 3.67. The lowest BCUT2D eigenvalue weighted by Gasteiger charge is -2.41. The molecular weight excluding hydrogens is 252 g/mol. The Morgan fingerprint density at radius 2 is 2.18 bits per heavy atom. The highest BCUT2D eigenvalue weighted by molar-refractivity contribution is 7.99. The molecule has 1 spiro atoms. The molecule has 5 unspecified atom stereocenters. The second kappa shape index (κ2) is 4.94. The van der Waals surface area contributed by atoms with Crippen LogP contribution in [0.5, 0.6) is 0 Å². The minimum absolute atomic E-state index is 0.248. The summed E-state index contributed by atoms with van der Waals surface area (Å²) in [6, 6.07) is 0. The van der Waals surface area contributed by atoms with Gasteiger partial charge >= 0.3 is 0 Å². The number of hydrogen-bond acceptors (Lipinski definition) is 2.